The molecule has 2 nitrogen and oxygen atoms in total. The summed E-state index contributed by atoms with van der Waals surface area (Å²) >= 11 is 17.7. The fourth-order valence-electron chi connectivity index (χ4n) is 1.56. The van der Waals surface area contributed by atoms with E-state index >= 15 is 0 Å². The zero-order valence-corrected chi connectivity index (χ0v) is 12.3. The third kappa shape index (κ3) is 3.21. The molecule has 0 saturated carbocycles. The summed E-state index contributed by atoms with van der Waals surface area (Å²) in [6, 6.07) is 8.50. The van der Waals surface area contributed by atoms with Gasteiger partial charge in [0.2, 0.25) is 0 Å². The molecule has 0 aliphatic carbocycles. The van der Waals surface area contributed by atoms with E-state index in [0.29, 0.717) is 15.6 Å². The van der Waals surface area contributed by atoms with Crippen LogP contribution in [0.5, 0.6) is 5.75 Å². The lowest BCUT2D eigenvalue weighted by Crippen LogP contribution is -1.85. The lowest BCUT2D eigenvalue weighted by molar-refractivity contribution is 0.475. The summed E-state index contributed by atoms with van der Waals surface area (Å²) in [6.07, 6.45) is 1.51. The van der Waals surface area contributed by atoms with Crippen molar-refractivity contribution >= 4 is 46.7 Å². The van der Waals surface area contributed by atoms with Crippen LogP contribution in [0, 0.1) is 6.92 Å². The molecule has 0 unspecified atom stereocenters. The maximum absolute atomic E-state index is 9.82. The fourth-order valence-corrected chi connectivity index (χ4v) is 2.24. The molecule has 2 aromatic rings. The molecule has 19 heavy (non-hydrogen) atoms. The van der Waals surface area contributed by atoms with Crippen molar-refractivity contribution < 1.29 is 5.11 Å². The van der Waals surface area contributed by atoms with Crippen LogP contribution in [0.3, 0.4) is 0 Å². The third-order valence-electron chi connectivity index (χ3n) is 2.64. The van der Waals surface area contributed by atoms with Gasteiger partial charge in [0.1, 0.15) is 5.75 Å². The number of benzene rings is 2. The third-order valence-corrected chi connectivity index (χ3v) is 3.56. The Kier molecular flexibility index (Phi) is 4.35. The molecule has 0 spiro atoms. The maximum Gasteiger partial charge on any atom is 0.143 e. The van der Waals surface area contributed by atoms with Crippen LogP contribution in [-0.2, 0) is 0 Å². The van der Waals surface area contributed by atoms with Crippen LogP contribution >= 0.6 is 34.8 Å². The second-order valence-electron chi connectivity index (χ2n) is 3.97. The van der Waals surface area contributed by atoms with Crippen LogP contribution in [0.4, 0.5) is 5.69 Å². The number of phenolic OH excluding ortho intramolecular Hbond substituents is 1. The normalized spacial score (nSPS) is 11.2. The minimum absolute atomic E-state index is 0.0468. The summed E-state index contributed by atoms with van der Waals surface area (Å²) < 4.78 is 0. The first-order valence-corrected chi connectivity index (χ1v) is 6.59. The quantitative estimate of drug-likeness (QED) is 0.738. The van der Waals surface area contributed by atoms with Gasteiger partial charge in [-0.3, -0.25) is 4.99 Å². The van der Waals surface area contributed by atoms with E-state index in [1.54, 1.807) is 12.1 Å². The van der Waals surface area contributed by atoms with Crippen LogP contribution in [0.25, 0.3) is 0 Å². The van der Waals surface area contributed by atoms with Crippen molar-refractivity contribution in [1.29, 1.82) is 0 Å². The zero-order valence-electron chi connectivity index (χ0n) is 9.99. The standard InChI is InChI=1S/C14H10Cl3NO/c1-8-11(16)3-2-4-13(8)18-7-9-5-10(15)6-12(17)14(9)19/h2-7,19H,1H3. The average molecular weight is 315 g/mol. The highest BCUT2D eigenvalue weighted by Crippen LogP contribution is 2.31. The Hall–Kier alpha value is -1.22. The number of rotatable bonds is 2. The van der Waals surface area contributed by atoms with Crippen molar-refractivity contribution in [3.05, 3.63) is 56.5 Å². The first-order chi connectivity index (χ1) is 8.99. The van der Waals surface area contributed by atoms with Crippen LogP contribution < -0.4 is 0 Å². The second kappa shape index (κ2) is 5.83. The molecule has 0 heterocycles. The Morgan fingerprint density at radius 2 is 1.84 bits per heavy atom. The van der Waals surface area contributed by atoms with E-state index in [0.717, 1.165) is 11.3 Å². The molecule has 0 amide bonds. The van der Waals surface area contributed by atoms with Gasteiger partial charge in [-0.25, -0.2) is 0 Å². The molecule has 0 saturated heterocycles. The van der Waals surface area contributed by atoms with E-state index in [1.165, 1.54) is 12.3 Å². The van der Waals surface area contributed by atoms with Crippen molar-refractivity contribution in [3.63, 3.8) is 0 Å². The fraction of sp³-hybridized carbons (Fsp3) is 0.0714. The van der Waals surface area contributed by atoms with Gasteiger partial charge in [-0.1, -0.05) is 40.9 Å². The molecule has 1 N–H and O–H groups in total. The minimum atomic E-state index is -0.0468. The molecule has 0 aliphatic rings. The molecule has 2 rings (SSSR count). The van der Waals surface area contributed by atoms with E-state index in [2.05, 4.69) is 4.99 Å². The first-order valence-electron chi connectivity index (χ1n) is 5.46. The summed E-state index contributed by atoms with van der Waals surface area (Å²) in [5, 5.41) is 11.1. The first kappa shape index (κ1) is 14.2. The number of nitrogens with zero attached hydrogens (tertiary/aromatic N) is 1. The number of aromatic hydroxyl groups is 1. The van der Waals surface area contributed by atoms with Crippen molar-refractivity contribution in [1.82, 2.24) is 0 Å². The predicted octanol–water partition coefficient (Wildman–Crippen LogP) is 5.41. The molecule has 98 valence electrons. The van der Waals surface area contributed by atoms with Gasteiger partial charge in [-0.15, -0.1) is 0 Å². The number of hydrogen-bond acceptors (Lipinski definition) is 2. The summed E-state index contributed by atoms with van der Waals surface area (Å²) in [5.74, 6) is -0.0468. The largest absolute Gasteiger partial charge is 0.506 e. The molecular formula is C14H10Cl3NO. The van der Waals surface area contributed by atoms with Gasteiger partial charge in [0.05, 0.1) is 10.7 Å². The lowest BCUT2D eigenvalue weighted by Gasteiger charge is -2.04. The van der Waals surface area contributed by atoms with Gasteiger partial charge < -0.3 is 5.11 Å². The summed E-state index contributed by atoms with van der Waals surface area (Å²) in [5.41, 5.74) is 2.05. The minimum Gasteiger partial charge on any atom is -0.506 e. The lowest BCUT2D eigenvalue weighted by atomic mass is 10.2. The Labute approximate surface area is 126 Å². The Balaban J connectivity index is 2.41. The van der Waals surface area contributed by atoms with Crippen molar-refractivity contribution in [2.24, 2.45) is 4.99 Å². The van der Waals surface area contributed by atoms with Gasteiger partial charge in [-0.2, -0.15) is 0 Å². The monoisotopic (exact) mass is 313 g/mol. The molecule has 5 heteroatoms. The van der Waals surface area contributed by atoms with Crippen molar-refractivity contribution in [2.75, 3.05) is 0 Å². The Bertz CT molecular complexity index is 653. The summed E-state index contributed by atoms with van der Waals surface area (Å²) in [6.45, 7) is 1.87. The van der Waals surface area contributed by atoms with E-state index in [4.69, 9.17) is 34.8 Å². The van der Waals surface area contributed by atoms with E-state index < -0.39 is 0 Å². The molecule has 0 fully saturated rings. The Morgan fingerprint density at radius 3 is 2.58 bits per heavy atom. The summed E-state index contributed by atoms with van der Waals surface area (Å²) in [7, 11) is 0. The van der Waals surface area contributed by atoms with E-state index in [9.17, 15) is 5.11 Å². The van der Waals surface area contributed by atoms with Crippen LogP contribution in [-0.4, -0.2) is 11.3 Å². The molecule has 0 aromatic heterocycles. The van der Waals surface area contributed by atoms with Crippen molar-refractivity contribution in [2.45, 2.75) is 6.92 Å². The number of aliphatic imine (C=N–C) groups is 1. The number of hydrogen-bond donors (Lipinski definition) is 1. The van der Waals surface area contributed by atoms with Gasteiger partial charge in [0.15, 0.2) is 0 Å². The topological polar surface area (TPSA) is 32.6 Å². The SMILES string of the molecule is Cc1c(Cl)cccc1N=Cc1cc(Cl)cc(Cl)c1O. The molecular weight excluding hydrogens is 305 g/mol. The zero-order chi connectivity index (χ0) is 14.0. The second-order valence-corrected chi connectivity index (χ2v) is 5.22. The van der Waals surface area contributed by atoms with E-state index in [1.807, 2.05) is 19.1 Å². The van der Waals surface area contributed by atoms with Crippen LogP contribution in [0.1, 0.15) is 11.1 Å². The van der Waals surface area contributed by atoms with E-state index in [-0.39, 0.29) is 10.8 Å². The average Bonchev–Trinajstić information content (AvgIpc) is 2.36. The molecule has 0 radical (unpaired) electrons. The highest BCUT2D eigenvalue weighted by Gasteiger charge is 2.06. The van der Waals surface area contributed by atoms with Gasteiger partial charge >= 0.3 is 0 Å². The maximum atomic E-state index is 9.82. The Morgan fingerprint density at radius 1 is 1.11 bits per heavy atom. The van der Waals surface area contributed by atoms with Gasteiger partial charge in [-0.05, 0) is 36.8 Å². The molecule has 0 aliphatic heterocycles. The van der Waals surface area contributed by atoms with Gasteiger partial charge in [0, 0.05) is 21.8 Å². The highest BCUT2D eigenvalue weighted by molar-refractivity contribution is 6.36. The smallest absolute Gasteiger partial charge is 0.143 e. The highest BCUT2D eigenvalue weighted by atomic mass is 35.5. The number of phenols is 1. The molecule has 2 aromatic carbocycles. The predicted molar refractivity (Wildman–Crippen MR) is 81.6 cm³/mol. The number of halogens is 3. The van der Waals surface area contributed by atoms with Gasteiger partial charge in [0.25, 0.3) is 0 Å². The van der Waals surface area contributed by atoms with Crippen LogP contribution in [0.2, 0.25) is 15.1 Å². The molecule has 0 bridgehead atoms. The summed E-state index contributed by atoms with van der Waals surface area (Å²) in [4.78, 5) is 4.29. The van der Waals surface area contributed by atoms with Crippen molar-refractivity contribution in [3.8, 4) is 5.75 Å². The van der Waals surface area contributed by atoms with Crippen LogP contribution in [0.15, 0.2) is 35.3 Å². The molecule has 0 atom stereocenters.